The third-order valence-corrected chi connectivity index (χ3v) is 8.25. The summed E-state index contributed by atoms with van der Waals surface area (Å²) in [5, 5.41) is 0.913. The van der Waals surface area contributed by atoms with Crippen molar-refractivity contribution in [2.45, 2.75) is 43.6 Å². The van der Waals surface area contributed by atoms with E-state index in [4.69, 9.17) is 32.7 Å². The van der Waals surface area contributed by atoms with Gasteiger partial charge in [-0.1, -0.05) is 54.2 Å². The van der Waals surface area contributed by atoms with Crippen molar-refractivity contribution in [1.82, 2.24) is 4.90 Å². The second-order valence-corrected chi connectivity index (χ2v) is 10.3. The second kappa shape index (κ2) is 9.95. The maximum absolute atomic E-state index is 15.4. The number of carbonyl (C=O) groups is 1. The van der Waals surface area contributed by atoms with Crippen LogP contribution in [0.2, 0.25) is 10.0 Å². The Bertz CT molecular complexity index is 1270. The molecule has 1 amide bonds. The smallest absolute Gasteiger partial charge is 0.234 e. The first-order valence-electron chi connectivity index (χ1n) is 12.2. The molecular formula is C29H28Cl2FNO3. The summed E-state index contributed by atoms with van der Waals surface area (Å²) in [6, 6.07) is 15.3. The van der Waals surface area contributed by atoms with Gasteiger partial charge in [-0.05, 0) is 72.4 Å². The summed E-state index contributed by atoms with van der Waals surface area (Å²) in [4.78, 5) is 16.4. The number of fused-ring (bicyclic) bond motifs is 1. The Kier molecular flexibility index (Phi) is 6.88. The highest BCUT2D eigenvalue weighted by Gasteiger charge is 2.48. The molecule has 3 aromatic rings. The fourth-order valence-corrected chi connectivity index (χ4v) is 6.29. The lowest BCUT2D eigenvalue weighted by molar-refractivity contribution is -0.139. The number of methoxy groups -OCH3 is 2. The van der Waals surface area contributed by atoms with Crippen LogP contribution < -0.4 is 9.47 Å². The van der Waals surface area contributed by atoms with Gasteiger partial charge < -0.3 is 14.4 Å². The summed E-state index contributed by atoms with van der Waals surface area (Å²) in [6.45, 7) is 0.436. The van der Waals surface area contributed by atoms with E-state index in [0.717, 1.165) is 42.4 Å². The van der Waals surface area contributed by atoms with Crippen LogP contribution in [0.5, 0.6) is 11.5 Å². The predicted molar refractivity (Wildman–Crippen MR) is 140 cm³/mol. The topological polar surface area (TPSA) is 38.8 Å². The summed E-state index contributed by atoms with van der Waals surface area (Å²) in [6.07, 6.45) is 3.99. The fraction of sp³-hybridized carbons (Fsp3) is 0.345. The molecule has 1 fully saturated rings. The zero-order chi connectivity index (χ0) is 25.4. The van der Waals surface area contributed by atoms with E-state index in [0.29, 0.717) is 35.1 Å². The molecule has 2 aliphatic rings. The Balaban J connectivity index is 1.69. The van der Waals surface area contributed by atoms with E-state index in [1.54, 1.807) is 26.4 Å². The van der Waals surface area contributed by atoms with Crippen LogP contribution in [0, 0.1) is 5.82 Å². The number of hydrogen-bond acceptors (Lipinski definition) is 3. The Morgan fingerprint density at radius 1 is 1.00 bits per heavy atom. The van der Waals surface area contributed by atoms with E-state index in [9.17, 15) is 4.79 Å². The molecule has 4 nitrogen and oxygen atoms in total. The van der Waals surface area contributed by atoms with E-state index in [1.165, 1.54) is 6.07 Å². The normalized spacial score (nSPS) is 18.6. The minimum Gasteiger partial charge on any atom is -0.493 e. The average Bonchev–Trinajstić information content (AvgIpc) is 3.39. The highest BCUT2D eigenvalue weighted by atomic mass is 35.5. The third kappa shape index (κ3) is 4.12. The van der Waals surface area contributed by atoms with Crippen molar-refractivity contribution in [3.8, 4) is 11.5 Å². The molecule has 0 bridgehead atoms. The number of halogens is 3. The minimum absolute atomic E-state index is 0.00734. The van der Waals surface area contributed by atoms with E-state index >= 15 is 4.39 Å². The van der Waals surface area contributed by atoms with Crippen LogP contribution in [0.25, 0.3) is 0 Å². The second-order valence-electron chi connectivity index (χ2n) is 9.49. The van der Waals surface area contributed by atoms with Gasteiger partial charge in [0.25, 0.3) is 0 Å². The van der Waals surface area contributed by atoms with Crippen molar-refractivity contribution in [2.24, 2.45) is 0 Å². The molecule has 0 N–H and O–H groups in total. The van der Waals surface area contributed by atoms with Gasteiger partial charge in [-0.3, -0.25) is 4.79 Å². The third-order valence-electron chi connectivity index (χ3n) is 7.67. The zero-order valence-electron chi connectivity index (χ0n) is 20.3. The zero-order valence-corrected chi connectivity index (χ0v) is 21.8. The molecule has 1 aliphatic heterocycles. The number of hydrogen-bond donors (Lipinski definition) is 0. The number of rotatable bonds is 5. The Hall–Kier alpha value is -2.76. The molecule has 36 heavy (non-hydrogen) atoms. The number of carbonyl (C=O) groups excluding carboxylic acids is 1. The lowest BCUT2D eigenvalue weighted by Gasteiger charge is -2.43. The maximum atomic E-state index is 15.4. The van der Waals surface area contributed by atoms with E-state index in [2.05, 4.69) is 0 Å². The average molecular weight is 528 g/mol. The standard InChI is InChI=1S/C29H28Cl2FNO3/c1-35-24-16-18-12-15-33(28(34)29(13-3-4-14-29)19-8-10-20(30)11-9-19)27(21(18)17-25(24)36-2)26-22(31)6-5-7-23(26)32/h5-11,16-17,27H,3-4,12-15H2,1-2H3/t27-/m1/s1. The summed E-state index contributed by atoms with van der Waals surface area (Å²) in [5.41, 5.74) is 2.33. The SMILES string of the molecule is COc1cc2c(cc1OC)[C@H](c1c(F)cccc1Cl)N(C(=O)C1(c3ccc(Cl)cc3)CCCC1)CC2. The summed E-state index contributed by atoms with van der Waals surface area (Å²) in [7, 11) is 3.15. The number of benzene rings is 3. The molecule has 0 aromatic heterocycles. The Labute approximate surface area is 220 Å². The van der Waals surface area contributed by atoms with Crippen LogP contribution in [0.1, 0.15) is 54.0 Å². The first kappa shape index (κ1) is 24.9. The van der Waals surface area contributed by atoms with Gasteiger partial charge in [0.2, 0.25) is 5.91 Å². The summed E-state index contributed by atoms with van der Waals surface area (Å²) < 4.78 is 26.5. The largest absolute Gasteiger partial charge is 0.493 e. The summed E-state index contributed by atoms with van der Waals surface area (Å²) in [5.74, 6) is 0.672. The molecule has 0 unspecified atom stereocenters. The van der Waals surface area contributed by atoms with Crippen LogP contribution >= 0.6 is 23.2 Å². The summed E-state index contributed by atoms with van der Waals surface area (Å²) >= 11 is 12.8. The molecule has 0 spiro atoms. The van der Waals surface area contributed by atoms with Gasteiger partial charge in [-0.2, -0.15) is 0 Å². The van der Waals surface area contributed by atoms with Gasteiger partial charge in [0.1, 0.15) is 5.82 Å². The van der Waals surface area contributed by atoms with E-state index in [-0.39, 0.29) is 10.9 Å². The molecule has 0 saturated heterocycles. The van der Waals surface area contributed by atoms with Crippen LogP contribution in [-0.2, 0) is 16.6 Å². The van der Waals surface area contributed by atoms with Gasteiger partial charge in [0.15, 0.2) is 11.5 Å². The fourth-order valence-electron chi connectivity index (χ4n) is 5.90. The number of nitrogens with zero attached hydrogens (tertiary/aromatic N) is 1. The molecule has 5 rings (SSSR count). The van der Waals surface area contributed by atoms with E-state index in [1.807, 2.05) is 41.3 Å². The molecule has 3 aromatic carbocycles. The predicted octanol–water partition coefficient (Wildman–Crippen LogP) is 7.14. The Morgan fingerprint density at radius 3 is 2.31 bits per heavy atom. The van der Waals surface area contributed by atoms with Crippen molar-refractivity contribution in [1.29, 1.82) is 0 Å². The highest BCUT2D eigenvalue weighted by molar-refractivity contribution is 6.31. The van der Waals surface area contributed by atoms with Gasteiger partial charge in [-0.25, -0.2) is 4.39 Å². The number of ether oxygens (including phenoxy) is 2. The lowest BCUT2D eigenvalue weighted by atomic mass is 9.76. The van der Waals surface area contributed by atoms with Crippen molar-refractivity contribution in [3.05, 3.63) is 92.7 Å². The molecule has 1 heterocycles. The van der Waals surface area contributed by atoms with Crippen molar-refractivity contribution in [3.63, 3.8) is 0 Å². The van der Waals surface area contributed by atoms with Crippen LogP contribution in [0.3, 0.4) is 0 Å². The molecule has 1 atom stereocenters. The monoisotopic (exact) mass is 527 g/mol. The van der Waals surface area contributed by atoms with Crippen molar-refractivity contribution >= 4 is 29.1 Å². The van der Waals surface area contributed by atoms with Gasteiger partial charge >= 0.3 is 0 Å². The molecule has 1 aliphatic carbocycles. The quantitative estimate of drug-likeness (QED) is 0.354. The highest BCUT2D eigenvalue weighted by Crippen LogP contribution is 2.48. The molecule has 188 valence electrons. The van der Waals surface area contributed by atoms with Crippen LogP contribution in [0.15, 0.2) is 54.6 Å². The minimum atomic E-state index is -0.695. The van der Waals surface area contributed by atoms with Crippen molar-refractivity contribution < 1.29 is 18.7 Å². The van der Waals surface area contributed by atoms with Gasteiger partial charge in [0.05, 0.1) is 25.7 Å². The molecule has 0 radical (unpaired) electrons. The molecular weight excluding hydrogens is 500 g/mol. The first-order chi connectivity index (χ1) is 17.4. The molecule has 7 heteroatoms. The number of amides is 1. The molecule has 1 saturated carbocycles. The first-order valence-corrected chi connectivity index (χ1v) is 12.9. The van der Waals surface area contributed by atoms with E-state index < -0.39 is 17.3 Å². The van der Waals surface area contributed by atoms with Gasteiger partial charge in [-0.15, -0.1) is 0 Å². The lowest BCUT2D eigenvalue weighted by Crippen LogP contribution is -2.50. The van der Waals surface area contributed by atoms with Crippen molar-refractivity contribution in [2.75, 3.05) is 20.8 Å². The maximum Gasteiger partial charge on any atom is 0.234 e. The van der Waals surface area contributed by atoms with Crippen LogP contribution in [0.4, 0.5) is 4.39 Å². The Morgan fingerprint density at radius 2 is 1.67 bits per heavy atom. The van der Waals surface area contributed by atoms with Gasteiger partial charge in [0, 0.05) is 22.2 Å². The van der Waals surface area contributed by atoms with Crippen LogP contribution in [-0.4, -0.2) is 31.6 Å².